The smallest absolute Gasteiger partial charge is 0.421 e. The van der Waals surface area contributed by atoms with Gasteiger partial charge >= 0.3 is 12.1 Å². The molecular weight excluding hydrogens is 260 g/mol. The van der Waals surface area contributed by atoms with Crippen LogP contribution in [0.4, 0.5) is 4.79 Å². The molecule has 1 rings (SSSR count). The lowest BCUT2D eigenvalue weighted by atomic mass is 10.0. The van der Waals surface area contributed by atoms with Gasteiger partial charge in [-0.15, -0.1) is 0 Å². The molecule has 0 heterocycles. The number of hydrogen-bond acceptors (Lipinski definition) is 4. The van der Waals surface area contributed by atoms with Crippen LogP contribution in [0, 0.1) is 5.92 Å². The lowest BCUT2D eigenvalue weighted by molar-refractivity contribution is -0.140. The van der Waals surface area contributed by atoms with Crippen molar-refractivity contribution in [1.82, 2.24) is 10.9 Å². The third-order valence-electron chi connectivity index (χ3n) is 2.57. The maximum atomic E-state index is 11.4. The topological polar surface area (TPSA) is 87.7 Å². The number of carbonyl (C=O) groups excluding carboxylic acids is 1. The Morgan fingerprint density at radius 2 is 1.90 bits per heavy atom. The number of hydrazine groups is 1. The van der Waals surface area contributed by atoms with Gasteiger partial charge in [-0.3, -0.25) is 10.2 Å². The van der Waals surface area contributed by atoms with Crippen molar-refractivity contribution >= 4 is 12.1 Å². The largest absolute Gasteiger partial charge is 0.480 e. The van der Waals surface area contributed by atoms with Crippen molar-refractivity contribution in [2.45, 2.75) is 32.9 Å². The van der Waals surface area contributed by atoms with Crippen LogP contribution in [0.2, 0.25) is 0 Å². The van der Waals surface area contributed by atoms with Gasteiger partial charge in [-0.25, -0.2) is 10.2 Å². The highest BCUT2D eigenvalue weighted by atomic mass is 16.6. The number of nitrogens with one attached hydrogen (secondary N) is 2. The first-order valence-electron chi connectivity index (χ1n) is 6.44. The van der Waals surface area contributed by atoms with Gasteiger partial charge in [-0.1, -0.05) is 44.2 Å². The van der Waals surface area contributed by atoms with Gasteiger partial charge < -0.3 is 9.84 Å². The maximum absolute atomic E-state index is 11.4. The number of amides is 1. The van der Waals surface area contributed by atoms with Gasteiger partial charge in [0.05, 0.1) is 0 Å². The molecule has 110 valence electrons. The van der Waals surface area contributed by atoms with Crippen LogP contribution in [0.15, 0.2) is 30.3 Å². The lowest BCUT2D eigenvalue weighted by Crippen LogP contribution is -2.48. The molecule has 0 radical (unpaired) electrons. The van der Waals surface area contributed by atoms with E-state index in [0.717, 1.165) is 5.56 Å². The number of carboxylic acids is 1. The number of carbonyl (C=O) groups is 2. The molecule has 0 saturated heterocycles. The van der Waals surface area contributed by atoms with Crippen LogP contribution in [-0.4, -0.2) is 23.2 Å². The van der Waals surface area contributed by atoms with E-state index in [2.05, 4.69) is 10.9 Å². The predicted molar refractivity (Wildman–Crippen MR) is 73.8 cm³/mol. The number of benzene rings is 1. The molecule has 0 aromatic heterocycles. The molecule has 0 aliphatic carbocycles. The van der Waals surface area contributed by atoms with Crippen molar-refractivity contribution in [1.29, 1.82) is 0 Å². The first-order valence-corrected chi connectivity index (χ1v) is 6.44. The SMILES string of the molecule is CC(C)CC(NNC(=O)OCc1ccccc1)C(=O)O. The molecule has 1 unspecified atom stereocenters. The number of ether oxygens (including phenoxy) is 1. The Morgan fingerprint density at radius 3 is 2.45 bits per heavy atom. The first kappa shape index (κ1) is 16.0. The van der Waals surface area contributed by atoms with Crippen molar-refractivity contribution in [2.24, 2.45) is 5.92 Å². The highest BCUT2D eigenvalue weighted by molar-refractivity contribution is 5.74. The Balaban J connectivity index is 2.32. The summed E-state index contributed by atoms with van der Waals surface area (Å²) in [5, 5.41) is 8.99. The zero-order valence-electron chi connectivity index (χ0n) is 11.6. The average molecular weight is 280 g/mol. The van der Waals surface area contributed by atoms with E-state index >= 15 is 0 Å². The second-order valence-corrected chi connectivity index (χ2v) is 4.85. The van der Waals surface area contributed by atoms with Crippen molar-refractivity contribution in [3.63, 3.8) is 0 Å². The summed E-state index contributed by atoms with van der Waals surface area (Å²) in [6, 6.07) is 8.39. The van der Waals surface area contributed by atoms with Gasteiger partial charge in [0.2, 0.25) is 0 Å². The van der Waals surface area contributed by atoms with E-state index in [1.54, 1.807) is 0 Å². The van der Waals surface area contributed by atoms with Crippen molar-refractivity contribution in [2.75, 3.05) is 0 Å². The van der Waals surface area contributed by atoms with Gasteiger partial charge in [-0.05, 0) is 17.9 Å². The molecule has 6 heteroatoms. The maximum Gasteiger partial charge on any atom is 0.421 e. The molecule has 6 nitrogen and oxygen atoms in total. The van der Waals surface area contributed by atoms with Gasteiger partial charge in [0.25, 0.3) is 0 Å². The van der Waals surface area contributed by atoms with E-state index in [0.29, 0.717) is 6.42 Å². The number of hydrogen-bond donors (Lipinski definition) is 3. The van der Waals surface area contributed by atoms with E-state index in [1.165, 1.54) is 0 Å². The zero-order valence-corrected chi connectivity index (χ0v) is 11.6. The average Bonchev–Trinajstić information content (AvgIpc) is 2.41. The molecule has 1 aromatic rings. The van der Waals surface area contributed by atoms with Crippen molar-refractivity contribution < 1.29 is 19.4 Å². The summed E-state index contributed by atoms with van der Waals surface area (Å²) >= 11 is 0. The minimum absolute atomic E-state index is 0.135. The Kier molecular flexibility index (Phi) is 6.52. The number of aliphatic carboxylic acids is 1. The standard InChI is InChI=1S/C14H20N2O4/c1-10(2)8-12(13(17)18)15-16-14(19)20-9-11-6-4-3-5-7-11/h3-7,10,12,15H,8-9H2,1-2H3,(H,16,19)(H,17,18). The Hall–Kier alpha value is -2.08. The summed E-state index contributed by atoms with van der Waals surface area (Å²) in [5.41, 5.74) is 5.57. The monoisotopic (exact) mass is 280 g/mol. The second-order valence-electron chi connectivity index (χ2n) is 4.85. The van der Waals surface area contributed by atoms with E-state index in [4.69, 9.17) is 9.84 Å². The predicted octanol–water partition coefficient (Wildman–Crippen LogP) is 1.92. The zero-order chi connectivity index (χ0) is 15.0. The fourth-order valence-electron chi connectivity index (χ4n) is 1.60. The lowest BCUT2D eigenvalue weighted by Gasteiger charge is -2.16. The fraction of sp³-hybridized carbons (Fsp3) is 0.429. The summed E-state index contributed by atoms with van der Waals surface area (Å²) in [7, 11) is 0. The van der Waals surface area contributed by atoms with Gasteiger partial charge in [0.1, 0.15) is 12.6 Å². The van der Waals surface area contributed by atoms with E-state index in [9.17, 15) is 9.59 Å². The molecule has 1 atom stereocenters. The molecule has 3 N–H and O–H groups in total. The summed E-state index contributed by atoms with van der Waals surface area (Å²) in [5.74, 6) is -0.812. The van der Waals surface area contributed by atoms with Gasteiger partial charge in [0.15, 0.2) is 0 Å². The Morgan fingerprint density at radius 1 is 1.25 bits per heavy atom. The quantitative estimate of drug-likeness (QED) is 0.664. The first-order chi connectivity index (χ1) is 9.49. The highest BCUT2D eigenvalue weighted by Gasteiger charge is 2.19. The van der Waals surface area contributed by atoms with Crippen LogP contribution in [0.5, 0.6) is 0 Å². The third-order valence-corrected chi connectivity index (χ3v) is 2.57. The molecule has 0 fully saturated rings. The molecule has 1 aromatic carbocycles. The van der Waals surface area contributed by atoms with Crippen LogP contribution in [0.1, 0.15) is 25.8 Å². The molecule has 0 aliphatic heterocycles. The number of rotatable bonds is 7. The minimum Gasteiger partial charge on any atom is -0.480 e. The molecule has 0 aliphatic rings. The fourth-order valence-corrected chi connectivity index (χ4v) is 1.60. The minimum atomic E-state index is -1.01. The Bertz CT molecular complexity index is 434. The van der Waals surface area contributed by atoms with Crippen LogP contribution in [0.25, 0.3) is 0 Å². The van der Waals surface area contributed by atoms with Crippen LogP contribution in [-0.2, 0) is 16.1 Å². The van der Waals surface area contributed by atoms with Crippen LogP contribution >= 0.6 is 0 Å². The molecular formula is C14H20N2O4. The summed E-state index contributed by atoms with van der Waals surface area (Å²) in [4.78, 5) is 22.4. The third kappa shape index (κ3) is 6.19. The van der Waals surface area contributed by atoms with E-state index in [1.807, 2.05) is 44.2 Å². The summed E-state index contributed by atoms with van der Waals surface area (Å²) in [6.07, 6.45) is -0.294. The van der Waals surface area contributed by atoms with Crippen LogP contribution < -0.4 is 10.9 Å². The molecule has 20 heavy (non-hydrogen) atoms. The van der Waals surface area contributed by atoms with Crippen LogP contribution in [0.3, 0.4) is 0 Å². The number of carboxylic acid groups (broad SMARTS) is 1. The molecule has 0 spiro atoms. The normalized spacial score (nSPS) is 11.9. The Labute approximate surface area is 118 Å². The van der Waals surface area contributed by atoms with E-state index < -0.39 is 18.1 Å². The highest BCUT2D eigenvalue weighted by Crippen LogP contribution is 2.04. The van der Waals surface area contributed by atoms with Crippen molar-refractivity contribution in [3.8, 4) is 0 Å². The summed E-state index contributed by atoms with van der Waals surface area (Å²) < 4.78 is 4.96. The van der Waals surface area contributed by atoms with Gasteiger partial charge in [-0.2, -0.15) is 0 Å². The summed E-state index contributed by atoms with van der Waals surface area (Å²) in [6.45, 7) is 3.95. The van der Waals surface area contributed by atoms with E-state index in [-0.39, 0.29) is 12.5 Å². The second kappa shape index (κ2) is 8.16. The van der Waals surface area contributed by atoms with Crippen molar-refractivity contribution in [3.05, 3.63) is 35.9 Å². The molecule has 1 amide bonds. The van der Waals surface area contributed by atoms with Gasteiger partial charge in [0, 0.05) is 0 Å². The molecule has 0 bridgehead atoms. The molecule has 0 saturated carbocycles.